The molecule has 0 saturated heterocycles. The molecule has 1 aromatic rings. The van der Waals surface area contributed by atoms with E-state index in [-0.39, 0.29) is 5.56 Å². The molecule has 0 aromatic carbocycles. The fourth-order valence-corrected chi connectivity index (χ4v) is 0.932. The molecular weight excluding hydrogens is 130 g/mol. The van der Waals surface area contributed by atoms with Crippen LogP contribution >= 0.6 is 11.3 Å². The third kappa shape index (κ3) is 1.04. The molecule has 0 bridgehead atoms. The Kier molecular flexibility index (Phi) is 1.58. The van der Waals surface area contributed by atoms with Gasteiger partial charge in [0.05, 0.1) is 0 Å². The van der Waals surface area contributed by atoms with Crippen LogP contribution in [0.5, 0.6) is 0 Å². The highest BCUT2D eigenvalue weighted by atomic mass is 32.1. The molecule has 0 amide bonds. The van der Waals surface area contributed by atoms with Crippen LogP contribution < -0.4 is 0 Å². The van der Waals surface area contributed by atoms with E-state index in [2.05, 4.69) is 5.38 Å². The number of thiophene rings is 1. The zero-order chi connectivity index (χ0) is 5.98. The molecule has 43 valence electrons. The van der Waals surface area contributed by atoms with Crippen LogP contribution in [0, 0.1) is 5.38 Å². The Morgan fingerprint density at radius 3 is 2.62 bits per heavy atom. The Hall–Kier alpha value is -0.440. The highest BCUT2D eigenvalue weighted by Gasteiger charge is 2.04. The Bertz CT molecular complexity index is 145. The van der Waals surface area contributed by atoms with Gasteiger partial charge in [-0.3, -0.25) is 0 Å². The average molecular weight is 133 g/mol. The second-order valence-electron chi connectivity index (χ2n) is 1.30. The largest absolute Gasteiger partial charge is 0.264 e. The third-order valence-corrected chi connectivity index (χ3v) is 1.38. The molecule has 0 atom stereocenters. The van der Waals surface area contributed by atoms with Crippen molar-refractivity contribution in [1.29, 1.82) is 0 Å². The minimum absolute atomic E-state index is 0.0648. The lowest BCUT2D eigenvalue weighted by atomic mass is 10.4. The van der Waals surface area contributed by atoms with E-state index in [9.17, 15) is 8.78 Å². The average Bonchev–Trinajstić information content (AvgIpc) is 2.12. The Morgan fingerprint density at radius 1 is 1.62 bits per heavy atom. The van der Waals surface area contributed by atoms with Crippen molar-refractivity contribution in [1.82, 2.24) is 0 Å². The molecule has 0 nitrogen and oxygen atoms in total. The van der Waals surface area contributed by atoms with Gasteiger partial charge in [-0.25, -0.2) is 8.78 Å². The third-order valence-electron chi connectivity index (χ3n) is 0.741. The van der Waals surface area contributed by atoms with E-state index in [4.69, 9.17) is 0 Å². The van der Waals surface area contributed by atoms with E-state index < -0.39 is 6.43 Å². The molecule has 0 saturated carbocycles. The molecule has 0 aliphatic heterocycles. The quantitative estimate of drug-likeness (QED) is 0.552. The number of hydrogen-bond acceptors (Lipinski definition) is 1. The molecule has 0 aliphatic rings. The topological polar surface area (TPSA) is 0 Å². The zero-order valence-electron chi connectivity index (χ0n) is 3.90. The summed E-state index contributed by atoms with van der Waals surface area (Å²) in [7, 11) is 0. The van der Waals surface area contributed by atoms with Crippen molar-refractivity contribution in [2.24, 2.45) is 0 Å². The fraction of sp³-hybridized carbons (Fsp3) is 0.200. The van der Waals surface area contributed by atoms with E-state index in [0.717, 1.165) is 11.3 Å². The van der Waals surface area contributed by atoms with Crippen molar-refractivity contribution >= 4 is 11.3 Å². The summed E-state index contributed by atoms with van der Waals surface area (Å²) in [4.78, 5) is 0. The van der Waals surface area contributed by atoms with Crippen LogP contribution in [0.2, 0.25) is 0 Å². The fourth-order valence-electron chi connectivity index (χ4n) is 0.353. The predicted octanol–water partition coefficient (Wildman–Crippen LogP) is 2.49. The number of alkyl halides is 2. The Morgan fingerprint density at radius 2 is 2.38 bits per heavy atom. The van der Waals surface area contributed by atoms with Crippen molar-refractivity contribution < 1.29 is 8.78 Å². The standard InChI is InChI=1S/C5H3F2S/c6-5(7)4-1-2-8-3-4/h1,3,5H. The lowest BCUT2D eigenvalue weighted by molar-refractivity contribution is 0.152. The van der Waals surface area contributed by atoms with Gasteiger partial charge in [-0.05, 0) is 6.07 Å². The van der Waals surface area contributed by atoms with Crippen LogP contribution in [0.15, 0.2) is 11.4 Å². The molecule has 0 aliphatic carbocycles. The maximum atomic E-state index is 11.6. The molecule has 1 radical (unpaired) electrons. The summed E-state index contributed by atoms with van der Waals surface area (Å²) in [6.45, 7) is 0. The highest BCUT2D eigenvalue weighted by Crippen LogP contribution is 2.19. The molecule has 8 heavy (non-hydrogen) atoms. The first-order valence-corrected chi connectivity index (χ1v) is 2.91. The molecule has 0 fully saturated rings. The minimum atomic E-state index is -2.34. The van der Waals surface area contributed by atoms with Crippen molar-refractivity contribution in [3.05, 3.63) is 22.4 Å². The van der Waals surface area contributed by atoms with Gasteiger partial charge in [0.1, 0.15) is 0 Å². The lowest BCUT2D eigenvalue weighted by Gasteiger charge is -1.87. The zero-order valence-corrected chi connectivity index (χ0v) is 4.71. The van der Waals surface area contributed by atoms with Crippen LogP contribution in [0.1, 0.15) is 12.0 Å². The Balaban J connectivity index is 2.77. The summed E-state index contributed by atoms with van der Waals surface area (Å²) in [5.41, 5.74) is 0.0648. The monoisotopic (exact) mass is 133 g/mol. The number of halogens is 2. The van der Waals surface area contributed by atoms with E-state index in [1.807, 2.05) is 0 Å². The van der Waals surface area contributed by atoms with Crippen molar-refractivity contribution in [3.8, 4) is 0 Å². The molecule has 3 heteroatoms. The van der Waals surface area contributed by atoms with Crippen LogP contribution in [-0.2, 0) is 0 Å². The van der Waals surface area contributed by atoms with Gasteiger partial charge in [0.15, 0.2) is 0 Å². The number of hydrogen-bond donors (Lipinski definition) is 0. The maximum Gasteiger partial charge on any atom is 0.264 e. The molecule has 1 rings (SSSR count). The van der Waals surface area contributed by atoms with E-state index >= 15 is 0 Å². The molecule has 0 N–H and O–H groups in total. The number of rotatable bonds is 1. The Labute approximate surface area is 49.8 Å². The molecule has 0 spiro atoms. The van der Waals surface area contributed by atoms with Gasteiger partial charge in [-0.15, -0.1) is 11.3 Å². The summed E-state index contributed by atoms with van der Waals surface area (Å²) < 4.78 is 23.2. The molecule has 1 aromatic heterocycles. The van der Waals surface area contributed by atoms with E-state index in [1.54, 1.807) is 0 Å². The molecule has 1 heterocycles. The van der Waals surface area contributed by atoms with E-state index in [0.29, 0.717) is 0 Å². The van der Waals surface area contributed by atoms with Gasteiger partial charge >= 0.3 is 0 Å². The van der Waals surface area contributed by atoms with Crippen molar-refractivity contribution in [3.63, 3.8) is 0 Å². The van der Waals surface area contributed by atoms with Gasteiger partial charge in [0.2, 0.25) is 0 Å². The van der Waals surface area contributed by atoms with E-state index in [1.165, 1.54) is 11.4 Å². The van der Waals surface area contributed by atoms with Crippen LogP contribution in [0.25, 0.3) is 0 Å². The summed E-state index contributed by atoms with van der Waals surface area (Å²) in [6, 6.07) is 1.30. The van der Waals surface area contributed by atoms with Crippen LogP contribution in [0.3, 0.4) is 0 Å². The van der Waals surface area contributed by atoms with Crippen LogP contribution in [-0.4, -0.2) is 0 Å². The highest BCUT2D eigenvalue weighted by molar-refractivity contribution is 7.07. The van der Waals surface area contributed by atoms with Gasteiger partial charge < -0.3 is 0 Å². The summed E-state index contributed by atoms with van der Waals surface area (Å²) >= 11 is 1.16. The van der Waals surface area contributed by atoms with Crippen molar-refractivity contribution in [2.45, 2.75) is 6.43 Å². The maximum absolute atomic E-state index is 11.6. The van der Waals surface area contributed by atoms with Crippen molar-refractivity contribution in [2.75, 3.05) is 0 Å². The SMILES string of the molecule is FC(F)c1c[c]sc1. The first-order chi connectivity index (χ1) is 3.80. The lowest BCUT2D eigenvalue weighted by Crippen LogP contribution is -1.74. The summed E-state index contributed by atoms with van der Waals surface area (Å²) in [5.74, 6) is 0. The normalized spacial score (nSPS) is 10.4. The van der Waals surface area contributed by atoms with Gasteiger partial charge in [0, 0.05) is 16.3 Å². The molecule has 0 unspecified atom stereocenters. The minimum Gasteiger partial charge on any atom is -0.205 e. The summed E-state index contributed by atoms with van der Waals surface area (Å²) in [6.07, 6.45) is -2.34. The van der Waals surface area contributed by atoms with Gasteiger partial charge in [-0.1, -0.05) is 0 Å². The second-order valence-corrected chi connectivity index (χ2v) is 2.01. The predicted molar refractivity (Wildman–Crippen MR) is 28.1 cm³/mol. The van der Waals surface area contributed by atoms with Gasteiger partial charge in [-0.2, -0.15) is 0 Å². The summed E-state index contributed by atoms with van der Waals surface area (Å²) in [5, 5.41) is 3.97. The second kappa shape index (κ2) is 2.22. The van der Waals surface area contributed by atoms with Gasteiger partial charge in [0.25, 0.3) is 6.43 Å². The molecular formula is C5H3F2S. The smallest absolute Gasteiger partial charge is 0.205 e. The first-order valence-electron chi connectivity index (χ1n) is 2.03. The van der Waals surface area contributed by atoms with Crippen LogP contribution in [0.4, 0.5) is 8.78 Å². The first kappa shape index (κ1) is 5.69.